The van der Waals surface area contributed by atoms with Gasteiger partial charge in [-0.3, -0.25) is 4.79 Å². The maximum Gasteiger partial charge on any atom is 0.230 e. The van der Waals surface area contributed by atoms with Crippen molar-refractivity contribution in [2.75, 3.05) is 32.0 Å². The average Bonchev–Trinajstić information content (AvgIpc) is 2.60. The van der Waals surface area contributed by atoms with Crippen molar-refractivity contribution in [3.63, 3.8) is 0 Å². The van der Waals surface area contributed by atoms with E-state index in [-0.39, 0.29) is 24.8 Å². The second kappa shape index (κ2) is 7.42. The Labute approximate surface area is 137 Å². The van der Waals surface area contributed by atoms with Gasteiger partial charge in [0, 0.05) is 19.6 Å². The lowest BCUT2D eigenvalue weighted by Crippen LogP contribution is -2.53. The minimum Gasteiger partial charge on any atom is -0.395 e. The van der Waals surface area contributed by atoms with Crippen molar-refractivity contribution in [3.05, 3.63) is 35.9 Å². The molecular weight excluding hydrogens is 316 g/mol. The van der Waals surface area contributed by atoms with Gasteiger partial charge in [-0.05, 0) is 25.3 Å². The van der Waals surface area contributed by atoms with E-state index in [2.05, 4.69) is 5.32 Å². The van der Waals surface area contributed by atoms with Crippen LogP contribution in [0, 0.1) is 0 Å². The highest BCUT2D eigenvalue weighted by atomic mass is 32.2. The largest absolute Gasteiger partial charge is 0.395 e. The summed E-state index contributed by atoms with van der Waals surface area (Å²) in [5, 5.41) is 11.7. The van der Waals surface area contributed by atoms with Gasteiger partial charge >= 0.3 is 0 Å². The summed E-state index contributed by atoms with van der Waals surface area (Å²) in [6, 6.07) is 9.46. The summed E-state index contributed by atoms with van der Waals surface area (Å²) < 4.78 is 25.5. The van der Waals surface area contributed by atoms with E-state index in [0.717, 1.165) is 5.56 Å². The first kappa shape index (κ1) is 17.9. The summed E-state index contributed by atoms with van der Waals surface area (Å²) in [6.45, 7) is 2.37. The number of nitrogens with zero attached hydrogens (tertiary/aromatic N) is 1. The first-order valence-corrected chi connectivity index (χ1v) is 9.50. The highest BCUT2D eigenvalue weighted by molar-refractivity contribution is 7.89. The molecule has 1 saturated heterocycles. The molecule has 2 N–H and O–H groups in total. The zero-order valence-corrected chi connectivity index (χ0v) is 14.2. The highest BCUT2D eigenvalue weighted by Crippen LogP contribution is 2.36. The van der Waals surface area contributed by atoms with Crippen LogP contribution in [0.4, 0.5) is 0 Å². The summed E-state index contributed by atoms with van der Waals surface area (Å²) in [5.41, 5.74) is 0.153. The Morgan fingerprint density at radius 1 is 1.26 bits per heavy atom. The zero-order chi connectivity index (χ0) is 16.9. The van der Waals surface area contributed by atoms with Gasteiger partial charge in [0.25, 0.3) is 0 Å². The summed E-state index contributed by atoms with van der Waals surface area (Å²) in [7, 11) is -3.23. The molecule has 0 atom stereocenters. The van der Waals surface area contributed by atoms with Crippen LogP contribution in [0.3, 0.4) is 0 Å². The molecule has 0 aliphatic carbocycles. The van der Waals surface area contributed by atoms with Gasteiger partial charge in [0.15, 0.2) is 0 Å². The summed E-state index contributed by atoms with van der Waals surface area (Å²) in [5.74, 6) is -0.0755. The number of aliphatic hydroxyl groups is 1. The third-order valence-electron chi connectivity index (χ3n) is 4.49. The Kier molecular flexibility index (Phi) is 5.78. The molecule has 6 nitrogen and oxygen atoms in total. The molecule has 1 heterocycles. The lowest BCUT2D eigenvalue weighted by atomic mass is 9.72. The molecule has 0 aromatic heterocycles. The Bertz CT molecular complexity index is 623. The predicted octanol–water partition coefficient (Wildman–Crippen LogP) is 0.478. The minimum atomic E-state index is -3.23. The molecule has 0 bridgehead atoms. The van der Waals surface area contributed by atoms with Crippen LogP contribution in [0.25, 0.3) is 0 Å². The van der Waals surface area contributed by atoms with Crippen LogP contribution in [0.2, 0.25) is 0 Å². The maximum absolute atomic E-state index is 12.7. The second-order valence-electron chi connectivity index (χ2n) is 5.73. The summed E-state index contributed by atoms with van der Waals surface area (Å²) >= 11 is 0. The van der Waals surface area contributed by atoms with E-state index in [0.29, 0.717) is 25.9 Å². The summed E-state index contributed by atoms with van der Waals surface area (Å²) in [6.07, 6.45) is 0.876. The van der Waals surface area contributed by atoms with Crippen molar-refractivity contribution < 1.29 is 18.3 Å². The molecule has 2 rings (SSSR count). The highest BCUT2D eigenvalue weighted by Gasteiger charge is 2.44. The molecule has 0 saturated carbocycles. The monoisotopic (exact) mass is 340 g/mol. The molecule has 1 amide bonds. The van der Waals surface area contributed by atoms with Crippen molar-refractivity contribution in [1.82, 2.24) is 9.62 Å². The van der Waals surface area contributed by atoms with E-state index in [1.54, 1.807) is 6.92 Å². The van der Waals surface area contributed by atoms with Gasteiger partial charge in [-0.2, -0.15) is 0 Å². The van der Waals surface area contributed by atoms with Crippen LogP contribution in [-0.4, -0.2) is 55.7 Å². The molecule has 1 aliphatic rings. The molecule has 7 heteroatoms. The van der Waals surface area contributed by atoms with E-state index in [1.807, 2.05) is 30.3 Å². The van der Waals surface area contributed by atoms with Crippen molar-refractivity contribution in [2.24, 2.45) is 0 Å². The van der Waals surface area contributed by atoms with Crippen LogP contribution >= 0.6 is 0 Å². The second-order valence-corrected chi connectivity index (χ2v) is 7.98. The van der Waals surface area contributed by atoms with Crippen molar-refractivity contribution in [3.8, 4) is 0 Å². The fraction of sp³-hybridized carbons (Fsp3) is 0.562. The Balaban J connectivity index is 2.26. The number of aliphatic hydroxyl groups excluding tert-OH is 1. The van der Waals surface area contributed by atoms with Gasteiger partial charge in [0.2, 0.25) is 15.9 Å². The van der Waals surface area contributed by atoms with Gasteiger partial charge in [-0.15, -0.1) is 0 Å². The topological polar surface area (TPSA) is 86.7 Å². The third kappa shape index (κ3) is 3.73. The standard InChI is InChI=1S/C16H24N2O4S/c1-2-23(21,22)18-11-8-16(9-12-18,15(20)17-10-13-19)14-6-4-3-5-7-14/h3-7,19H,2,8-13H2,1H3,(H,17,20). The van der Waals surface area contributed by atoms with Crippen LogP contribution in [0.15, 0.2) is 30.3 Å². The Morgan fingerprint density at radius 3 is 2.39 bits per heavy atom. The van der Waals surface area contributed by atoms with Gasteiger partial charge in [-0.25, -0.2) is 12.7 Å². The first-order valence-electron chi connectivity index (χ1n) is 7.89. The molecule has 0 unspecified atom stereocenters. The first-order chi connectivity index (χ1) is 11.0. The Hall–Kier alpha value is -1.44. The number of amides is 1. The molecule has 1 aliphatic heterocycles. The Morgan fingerprint density at radius 2 is 1.87 bits per heavy atom. The lowest BCUT2D eigenvalue weighted by Gasteiger charge is -2.40. The fourth-order valence-electron chi connectivity index (χ4n) is 3.07. The van der Waals surface area contributed by atoms with Crippen LogP contribution in [0.1, 0.15) is 25.3 Å². The predicted molar refractivity (Wildman–Crippen MR) is 88.5 cm³/mol. The number of nitrogens with one attached hydrogen (secondary N) is 1. The molecular formula is C16H24N2O4S. The molecule has 0 radical (unpaired) electrons. The number of piperidine rings is 1. The van der Waals surface area contributed by atoms with E-state index in [1.165, 1.54) is 4.31 Å². The smallest absolute Gasteiger partial charge is 0.230 e. The van der Waals surface area contributed by atoms with E-state index < -0.39 is 15.4 Å². The third-order valence-corrected chi connectivity index (χ3v) is 6.37. The lowest BCUT2D eigenvalue weighted by molar-refractivity contribution is -0.128. The van der Waals surface area contributed by atoms with Gasteiger partial charge in [0.1, 0.15) is 0 Å². The fourth-order valence-corrected chi connectivity index (χ4v) is 4.18. The van der Waals surface area contributed by atoms with Crippen molar-refractivity contribution in [1.29, 1.82) is 0 Å². The summed E-state index contributed by atoms with van der Waals surface area (Å²) in [4.78, 5) is 12.7. The zero-order valence-electron chi connectivity index (χ0n) is 13.4. The number of hydrogen-bond donors (Lipinski definition) is 2. The number of carbonyl (C=O) groups is 1. The van der Waals surface area contributed by atoms with Crippen LogP contribution in [0.5, 0.6) is 0 Å². The molecule has 0 spiro atoms. The molecule has 128 valence electrons. The quantitative estimate of drug-likeness (QED) is 0.788. The van der Waals surface area contributed by atoms with Crippen molar-refractivity contribution in [2.45, 2.75) is 25.2 Å². The van der Waals surface area contributed by atoms with E-state index in [9.17, 15) is 13.2 Å². The number of hydrogen-bond acceptors (Lipinski definition) is 4. The van der Waals surface area contributed by atoms with Crippen LogP contribution < -0.4 is 5.32 Å². The normalized spacial score (nSPS) is 18.5. The van der Waals surface area contributed by atoms with Crippen molar-refractivity contribution >= 4 is 15.9 Å². The minimum absolute atomic E-state index is 0.0715. The molecule has 1 aromatic carbocycles. The number of sulfonamides is 1. The average molecular weight is 340 g/mol. The van der Waals surface area contributed by atoms with E-state index >= 15 is 0 Å². The number of carbonyl (C=O) groups excluding carboxylic acids is 1. The van der Waals surface area contributed by atoms with Crippen LogP contribution in [-0.2, 0) is 20.2 Å². The van der Waals surface area contributed by atoms with Gasteiger partial charge in [0.05, 0.1) is 17.8 Å². The van der Waals surface area contributed by atoms with Gasteiger partial charge in [-0.1, -0.05) is 30.3 Å². The molecule has 1 fully saturated rings. The molecule has 23 heavy (non-hydrogen) atoms. The van der Waals surface area contributed by atoms with E-state index in [4.69, 9.17) is 5.11 Å². The number of benzene rings is 1. The van der Waals surface area contributed by atoms with Gasteiger partial charge < -0.3 is 10.4 Å². The maximum atomic E-state index is 12.7. The number of rotatable bonds is 6. The SMILES string of the molecule is CCS(=O)(=O)N1CCC(C(=O)NCCO)(c2ccccc2)CC1. The molecule has 1 aromatic rings.